The van der Waals surface area contributed by atoms with Gasteiger partial charge in [0.2, 0.25) is 0 Å². The van der Waals surface area contributed by atoms with E-state index in [0.29, 0.717) is 5.92 Å². The van der Waals surface area contributed by atoms with Crippen molar-refractivity contribution in [2.75, 3.05) is 18.5 Å². The van der Waals surface area contributed by atoms with E-state index in [1.807, 2.05) is 11.3 Å². The highest BCUT2D eigenvalue weighted by Gasteiger charge is 2.24. The summed E-state index contributed by atoms with van der Waals surface area (Å²) in [5.74, 6) is 0.704. The SMILES string of the molecule is CCc1nc(N(C)C2CCC2)sc1CNCC(C)C. The highest BCUT2D eigenvalue weighted by Crippen LogP contribution is 2.32. The average molecular weight is 281 g/mol. The monoisotopic (exact) mass is 281 g/mol. The number of hydrogen-bond acceptors (Lipinski definition) is 4. The molecule has 4 heteroatoms. The van der Waals surface area contributed by atoms with Crippen molar-refractivity contribution in [1.29, 1.82) is 0 Å². The van der Waals surface area contributed by atoms with Crippen LogP contribution >= 0.6 is 11.3 Å². The van der Waals surface area contributed by atoms with Crippen molar-refractivity contribution >= 4 is 16.5 Å². The van der Waals surface area contributed by atoms with Gasteiger partial charge in [0.05, 0.1) is 5.69 Å². The van der Waals surface area contributed by atoms with E-state index in [-0.39, 0.29) is 0 Å². The number of rotatable bonds is 7. The maximum absolute atomic E-state index is 4.83. The third-order valence-electron chi connectivity index (χ3n) is 3.86. The van der Waals surface area contributed by atoms with Crippen LogP contribution in [0.25, 0.3) is 0 Å². The summed E-state index contributed by atoms with van der Waals surface area (Å²) in [7, 11) is 2.20. The van der Waals surface area contributed by atoms with Gasteiger partial charge in [-0.25, -0.2) is 4.98 Å². The Morgan fingerprint density at radius 1 is 1.42 bits per heavy atom. The van der Waals surface area contributed by atoms with Gasteiger partial charge in [-0.3, -0.25) is 0 Å². The highest BCUT2D eigenvalue weighted by molar-refractivity contribution is 7.15. The van der Waals surface area contributed by atoms with Gasteiger partial charge in [-0.15, -0.1) is 11.3 Å². The van der Waals surface area contributed by atoms with Gasteiger partial charge in [-0.2, -0.15) is 0 Å². The number of aryl methyl sites for hydroxylation is 1. The van der Waals surface area contributed by atoms with Crippen LogP contribution < -0.4 is 10.2 Å². The fourth-order valence-electron chi connectivity index (χ4n) is 2.34. The zero-order valence-corrected chi connectivity index (χ0v) is 13.5. The quantitative estimate of drug-likeness (QED) is 0.830. The average Bonchev–Trinajstić information content (AvgIpc) is 2.69. The second kappa shape index (κ2) is 6.71. The third-order valence-corrected chi connectivity index (χ3v) is 5.05. The van der Waals surface area contributed by atoms with E-state index in [1.165, 1.54) is 35.0 Å². The van der Waals surface area contributed by atoms with Gasteiger partial charge in [0.25, 0.3) is 0 Å². The zero-order chi connectivity index (χ0) is 13.8. The summed E-state index contributed by atoms with van der Waals surface area (Å²) in [6, 6.07) is 0.729. The first-order valence-electron chi connectivity index (χ1n) is 7.54. The first-order chi connectivity index (χ1) is 9.11. The molecule has 1 aliphatic rings. The molecule has 0 radical (unpaired) electrons. The molecule has 1 N–H and O–H groups in total. The van der Waals surface area contributed by atoms with Crippen LogP contribution in [0.1, 0.15) is 50.6 Å². The van der Waals surface area contributed by atoms with Gasteiger partial charge in [-0.05, 0) is 38.1 Å². The van der Waals surface area contributed by atoms with Crippen LogP contribution in [0.5, 0.6) is 0 Å². The van der Waals surface area contributed by atoms with Crippen LogP contribution in [0.15, 0.2) is 0 Å². The number of anilines is 1. The minimum absolute atomic E-state index is 0.704. The Kier molecular flexibility index (Phi) is 5.22. The maximum Gasteiger partial charge on any atom is 0.185 e. The lowest BCUT2D eigenvalue weighted by molar-refractivity contribution is 0.401. The number of nitrogens with one attached hydrogen (secondary N) is 1. The summed E-state index contributed by atoms with van der Waals surface area (Å²) in [5, 5.41) is 4.75. The standard InChI is InChI=1S/C15H27N3S/c1-5-13-14(10-16-9-11(2)3)19-15(17-13)18(4)12-7-6-8-12/h11-12,16H,5-10H2,1-4H3. The zero-order valence-electron chi connectivity index (χ0n) is 12.7. The van der Waals surface area contributed by atoms with Gasteiger partial charge in [-0.1, -0.05) is 20.8 Å². The molecule has 1 heterocycles. The minimum Gasteiger partial charge on any atom is -0.348 e. The van der Waals surface area contributed by atoms with Crippen molar-refractivity contribution in [2.45, 2.75) is 59.0 Å². The molecular weight excluding hydrogens is 254 g/mol. The molecular formula is C15H27N3S. The molecule has 0 atom stereocenters. The Morgan fingerprint density at radius 2 is 2.16 bits per heavy atom. The van der Waals surface area contributed by atoms with Gasteiger partial charge in [0.1, 0.15) is 0 Å². The number of hydrogen-bond donors (Lipinski definition) is 1. The molecule has 1 aromatic heterocycles. The van der Waals surface area contributed by atoms with E-state index in [1.54, 1.807) is 0 Å². The van der Waals surface area contributed by atoms with E-state index in [9.17, 15) is 0 Å². The Labute approximate surface area is 121 Å². The molecule has 1 aromatic rings. The van der Waals surface area contributed by atoms with E-state index in [4.69, 9.17) is 4.98 Å². The van der Waals surface area contributed by atoms with Crippen molar-refractivity contribution in [3.63, 3.8) is 0 Å². The molecule has 0 spiro atoms. The molecule has 1 aliphatic carbocycles. The summed E-state index contributed by atoms with van der Waals surface area (Å²) in [6.07, 6.45) is 5.08. The van der Waals surface area contributed by atoms with Crippen LogP contribution in [-0.4, -0.2) is 24.6 Å². The topological polar surface area (TPSA) is 28.2 Å². The van der Waals surface area contributed by atoms with Crippen LogP contribution in [0.3, 0.4) is 0 Å². The molecule has 19 heavy (non-hydrogen) atoms. The molecule has 0 unspecified atom stereocenters. The molecule has 0 saturated heterocycles. The van der Waals surface area contributed by atoms with Gasteiger partial charge in [0.15, 0.2) is 5.13 Å². The largest absolute Gasteiger partial charge is 0.348 e. The summed E-state index contributed by atoms with van der Waals surface area (Å²) < 4.78 is 0. The molecule has 1 saturated carbocycles. The van der Waals surface area contributed by atoms with Crippen molar-refractivity contribution in [3.8, 4) is 0 Å². The Balaban J connectivity index is 1.99. The van der Waals surface area contributed by atoms with Gasteiger partial charge >= 0.3 is 0 Å². The molecule has 1 fully saturated rings. The van der Waals surface area contributed by atoms with E-state index in [2.05, 4.69) is 38.0 Å². The van der Waals surface area contributed by atoms with Crippen molar-refractivity contribution in [3.05, 3.63) is 10.6 Å². The Morgan fingerprint density at radius 3 is 2.68 bits per heavy atom. The van der Waals surface area contributed by atoms with Gasteiger partial charge in [0, 0.05) is 24.5 Å². The molecule has 3 nitrogen and oxygen atoms in total. The fraction of sp³-hybridized carbons (Fsp3) is 0.800. The summed E-state index contributed by atoms with van der Waals surface area (Å²) in [4.78, 5) is 8.64. The molecule has 0 amide bonds. The van der Waals surface area contributed by atoms with Crippen LogP contribution in [0, 0.1) is 5.92 Å². The normalized spacial score (nSPS) is 15.8. The van der Waals surface area contributed by atoms with Crippen LogP contribution in [0.4, 0.5) is 5.13 Å². The lowest BCUT2D eigenvalue weighted by atomic mass is 9.92. The lowest BCUT2D eigenvalue weighted by Gasteiger charge is -2.34. The number of nitrogens with zero attached hydrogens (tertiary/aromatic N) is 2. The Bertz CT molecular complexity index is 396. The second-order valence-electron chi connectivity index (χ2n) is 5.94. The van der Waals surface area contributed by atoms with E-state index < -0.39 is 0 Å². The molecule has 0 bridgehead atoms. The lowest BCUT2D eigenvalue weighted by Crippen LogP contribution is -2.37. The van der Waals surface area contributed by atoms with Gasteiger partial charge < -0.3 is 10.2 Å². The molecule has 0 aromatic carbocycles. The fourth-order valence-corrected chi connectivity index (χ4v) is 3.49. The van der Waals surface area contributed by atoms with Crippen molar-refractivity contribution < 1.29 is 0 Å². The van der Waals surface area contributed by atoms with Crippen LogP contribution in [0.2, 0.25) is 0 Å². The highest BCUT2D eigenvalue weighted by atomic mass is 32.1. The minimum atomic E-state index is 0.704. The first-order valence-corrected chi connectivity index (χ1v) is 8.35. The molecule has 108 valence electrons. The van der Waals surface area contributed by atoms with E-state index in [0.717, 1.165) is 25.6 Å². The van der Waals surface area contributed by atoms with Crippen molar-refractivity contribution in [1.82, 2.24) is 10.3 Å². The Hall–Kier alpha value is -0.610. The first kappa shape index (κ1) is 14.8. The maximum atomic E-state index is 4.83. The van der Waals surface area contributed by atoms with Crippen molar-refractivity contribution in [2.24, 2.45) is 5.92 Å². The molecule has 2 rings (SSSR count). The van der Waals surface area contributed by atoms with Crippen LogP contribution in [-0.2, 0) is 13.0 Å². The third kappa shape index (κ3) is 3.69. The summed E-state index contributed by atoms with van der Waals surface area (Å²) in [5.41, 5.74) is 1.28. The van der Waals surface area contributed by atoms with E-state index >= 15 is 0 Å². The summed E-state index contributed by atoms with van der Waals surface area (Å²) >= 11 is 1.87. The predicted octanol–water partition coefficient (Wildman–Crippen LogP) is 3.44. The predicted molar refractivity (Wildman–Crippen MR) is 84.1 cm³/mol. The summed E-state index contributed by atoms with van der Waals surface area (Å²) in [6.45, 7) is 8.74. The smallest absolute Gasteiger partial charge is 0.185 e. The number of thiazole rings is 1. The number of aromatic nitrogens is 1. The second-order valence-corrected chi connectivity index (χ2v) is 7.00. The molecule has 0 aliphatic heterocycles.